The number of nitrogens with zero attached hydrogens (tertiary/aromatic N) is 2. The van der Waals surface area contributed by atoms with E-state index in [0.717, 1.165) is 11.1 Å². The molecule has 0 aliphatic carbocycles. The number of hydrazone groups is 1. The first kappa shape index (κ1) is 14.4. The van der Waals surface area contributed by atoms with Crippen molar-refractivity contribution >= 4 is 23.8 Å². The smallest absolute Gasteiger partial charge is 0.302 e. The molecule has 0 fully saturated rings. The minimum absolute atomic E-state index is 0.306. The van der Waals surface area contributed by atoms with Crippen LogP contribution in [-0.4, -0.2) is 23.0 Å². The van der Waals surface area contributed by atoms with E-state index < -0.39 is 11.8 Å². The van der Waals surface area contributed by atoms with Crippen molar-refractivity contribution in [2.45, 2.75) is 6.92 Å². The van der Waals surface area contributed by atoms with E-state index in [1.54, 1.807) is 18.2 Å². The Hall–Kier alpha value is -3.02. The van der Waals surface area contributed by atoms with Crippen LogP contribution in [0.2, 0.25) is 0 Å². The number of anilines is 1. The van der Waals surface area contributed by atoms with Gasteiger partial charge in [-0.2, -0.15) is 5.10 Å². The molecule has 2 rings (SSSR count). The van der Waals surface area contributed by atoms with Gasteiger partial charge in [0.25, 0.3) is 0 Å². The zero-order valence-corrected chi connectivity index (χ0v) is 11.4. The minimum Gasteiger partial charge on any atom is -0.302 e. The summed E-state index contributed by atoms with van der Waals surface area (Å²) in [4.78, 5) is 27.0. The summed E-state index contributed by atoms with van der Waals surface area (Å²) < 4.78 is 0. The summed E-state index contributed by atoms with van der Waals surface area (Å²) in [6.07, 6.45) is 2.99. The molecule has 2 N–H and O–H groups in total. The van der Waals surface area contributed by atoms with Gasteiger partial charge in [-0.05, 0) is 24.6 Å². The van der Waals surface area contributed by atoms with E-state index >= 15 is 0 Å². The Bertz CT molecular complexity index is 668. The average molecular weight is 282 g/mol. The first-order valence-corrected chi connectivity index (χ1v) is 6.27. The molecule has 0 saturated carbocycles. The molecule has 0 aliphatic heterocycles. The van der Waals surface area contributed by atoms with Gasteiger partial charge >= 0.3 is 11.8 Å². The fraction of sp³-hybridized carbons (Fsp3) is 0.0667. The van der Waals surface area contributed by atoms with Crippen LogP contribution in [0.1, 0.15) is 11.1 Å². The summed E-state index contributed by atoms with van der Waals surface area (Å²) in [5.41, 5.74) is 4.08. The number of rotatable bonds is 3. The van der Waals surface area contributed by atoms with Crippen molar-refractivity contribution in [2.75, 3.05) is 5.32 Å². The van der Waals surface area contributed by atoms with Gasteiger partial charge in [0.15, 0.2) is 0 Å². The van der Waals surface area contributed by atoms with Crippen molar-refractivity contribution in [2.24, 2.45) is 5.10 Å². The molecule has 21 heavy (non-hydrogen) atoms. The number of nitrogens with one attached hydrogen (secondary N) is 2. The maximum Gasteiger partial charge on any atom is 0.329 e. The zero-order chi connectivity index (χ0) is 15.1. The van der Waals surface area contributed by atoms with E-state index in [0.29, 0.717) is 5.82 Å². The Morgan fingerprint density at radius 3 is 2.71 bits per heavy atom. The van der Waals surface area contributed by atoms with Gasteiger partial charge in [-0.1, -0.05) is 35.9 Å². The molecular weight excluding hydrogens is 268 g/mol. The minimum atomic E-state index is -0.857. The highest BCUT2D eigenvalue weighted by Gasteiger charge is 2.12. The second kappa shape index (κ2) is 6.95. The lowest BCUT2D eigenvalue weighted by molar-refractivity contribution is -0.136. The fourth-order valence-corrected chi connectivity index (χ4v) is 1.58. The normalized spacial score (nSPS) is 10.3. The van der Waals surface area contributed by atoms with Crippen LogP contribution in [0.15, 0.2) is 53.8 Å². The Morgan fingerprint density at radius 2 is 2.00 bits per heavy atom. The van der Waals surface area contributed by atoms with Crippen LogP contribution in [-0.2, 0) is 9.59 Å². The predicted octanol–water partition coefficient (Wildman–Crippen LogP) is 1.48. The zero-order valence-electron chi connectivity index (χ0n) is 11.4. The van der Waals surface area contributed by atoms with Gasteiger partial charge in [-0.15, -0.1) is 0 Å². The Kier molecular flexibility index (Phi) is 4.76. The van der Waals surface area contributed by atoms with Crippen molar-refractivity contribution in [1.82, 2.24) is 10.4 Å². The van der Waals surface area contributed by atoms with Crippen LogP contribution in [0.25, 0.3) is 0 Å². The lowest BCUT2D eigenvalue weighted by atomic mass is 10.2. The SMILES string of the molecule is Cc1cccc(/C=N/NC(=O)C(=O)Nc2ccccn2)c1. The molecule has 1 heterocycles. The van der Waals surface area contributed by atoms with Gasteiger partial charge in [0.2, 0.25) is 0 Å². The number of pyridine rings is 1. The maximum absolute atomic E-state index is 11.6. The van der Waals surface area contributed by atoms with Gasteiger partial charge in [0, 0.05) is 6.20 Å². The number of aromatic nitrogens is 1. The monoisotopic (exact) mass is 282 g/mol. The van der Waals surface area contributed by atoms with Gasteiger partial charge in [-0.25, -0.2) is 10.4 Å². The molecule has 0 saturated heterocycles. The second-order valence-corrected chi connectivity index (χ2v) is 4.28. The van der Waals surface area contributed by atoms with Crippen LogP contribution in [0.4, 0.5) is 5.82 Å². The summed E-state index contributed by atoms with van der Waals surface area (Å²) >= 11 is 0. The molecule has 0 aliphatic rings. The topological polar surface area (TPSA) is 83.5 Å². The van der Waals surface area contributed by atoms with Gasteiger partial charge in [0.1, 0.15) is 5.82 Å². The van der Waals surface area contributed by atoms with E-state index in [2.05, 4.69) is 20.8 Å². The molecule has 6 heteroatoms. The van der Waals surface area contributed by atoms with Crippen LogP contribution < -0.4 is 10.7 Å². The molecule has 0 bridgehead atoms. The number of carbonyl (C=O) groups is 2. The molecule has 2 amide bonds. The van der Waals surface area contributed by atoms with E-state index in [4.69, 9.17) is 0 Å². The largest absolute Gasteiger partial charge is 0.329 e. The molecule has 106 valence electrons. The maximum atomic E-state index is 11.6. The highest BCUT2D eigenvalue weighted by atomic mass is 16.2. The third-order valence-corrected chi connectivity index (χ3v) is 2.53. The molecule has 0 spiro atoms. The Labute approximate surface area is 121 Å². The van der Waals surface area contributed by atoms with Crippen molar-refractivity contribution in [3.05, 3.63) is 59.8 Å². The van der Waals surface area contributed by atoms with Crippen LogP contribution in [0.5, 0.6) is 0 Å². The van der Waals surface area contributed by atoms with Crippen molar-refractivity contribution < 1.29 is 9.59 Å². The van der Waals surface area contributed by atoms with Crippen LogP contribution in [0, 0.1) is 6.92 Å². The molecular formula is C15H14N4O2. The summed E-state index contributed by atoms with van der Waals surface area (Å²) in [5.74, 6) is -1.38. The van der Waals surface area contributed by atoms with Crippen LogP contribution in [0.3, 0.4) is 0 Å². The quantitative estimate of drug-likeness (QED) is 0.508. The summed E-state index contributed by atoms with van der Waals surface area (Å²) in [5, 5.41) is 6.10. The first-order chi connectivity index (χ1) is 10.1. The molecule has 1 aromatic heterocycles. The molecule has 0 radical (unpaired) electrons. The molecule has 1 aromatic carbocycles. The highest BCUT2D eigenvalue weighted by Crippen LogP contribution is 2.01. The molecule has 0 atom stereocenters. The number of hydrogen-bond acceptors (Lipinski definition) is 4. The second-order valence-electron chi connectivity index (χ2n) is 4.28. The third kappa shape index (κ3) is 4.54. The predicted molar refractivity (Wildman–Crippen MR) is 79.8 cm³/mol. The number of hydrogen-bond donors (Lipinski definition) is 2. The molecule has 0 unspecified atom stereocenters. The van der Waals surface area contributed by atoms with Crippen LogP contribution >= 0.6 is 0 Å². The number of amides is 2. The Balaban J connectivity index is 1.88. The fourth-order valence-electron chi connectivity index (χ4n) is 1.58. The summed E-state index contributed by atoms with van der Waals surface area (Å²) in [7, 11) is 0. The van der Waals surface area contributed by atoms with E-state index in [-0.39, 0.29) is 0 Å². The lowest BCUT2D eigenvalue weighted by Gasteiger charge is -2.02. The number of carbonyl (C=O) groups excluding carboxylic acids is 2. The van der Waals surface area contributed by atoms with Gasteiger partial charge in [-0.3, -0.25) is 9.59 Å². The summed E-state index contributed by atoms with van der Waals surface area (Å²) in [6, 6.07) is 12.6. The number of benzene rings is 1. The Morgan fingerprint density at radius 1 is 1.14 bits per heavy atom. The molecule has 2 aromatic rings. The van der Waals surface area contributed by atoms with Gasteiger partial charge < -0.3 is 5.32 Å². The van der Waals surface area contributed by atoms with Crippen molar-refractivity contribution in [3.8, 4) is 0 Å². The average Bonchev–Trinajstić information content (AvgIpc) is 2.48. The van der Waals surface area contributed by atoms with Crippen molar-refractivity contribution in [1.29, 1.82) is 0 Å². The number of aryl methyl sites for hydroxylation is 1. The van der Waals surface area contributed by atoms with Gasteiger partial charge in [0.05, 0.1) is 6.21 Å². The summed E-state index contributed by atoms with van der Waals surface area (Å²) in [6.45, 7) is 1.95. The molecule has 6 nitrogen and oxygen atoms in total. The highest BCUT2D eigenvalue weighted by molar-refractivity contribution is 6.39. The standard InChI is InChI=1S/C15H14N4O2/c1-11-5-4-6-12(9-11)10-17-19-15(21)14(20)18-13-7-2-3-8-16-13/h2-10H,1H3,(H,19,21)(H,16,18,20)/b17-10+. The van der Waals surface area contributed by atoms with Crippen molar-refractivity contribution in [3.63, 3.8) is 0 Å². The van der Waals surface area contributed by atoms with E-state index in [1.165, 1.54) is 12.4 Å². The third-order valence-electron chi connectivity index (χ3n) is 2.53. The lowest BCUT2D eigenvalue weighted by Crippen LogP contribution is -2.32. The van der Waals surface area contributed by atoms with E-state index in [9.17, 15) is 9.59 Å². The van der Waals surface area contributed by atoms with E-state index in [1.807, 2.05) is 31.2 Å². The first-order valence-electron chi connectivity index (χ1n) is 6.27.